The molecule has 0 saturated heterocycles. The summed E-state index contributed by atoms with van der Waals surface area (Å²) in [7, 11) is 0. The van der Waals surface area contributed by atoms with Gasteiger partial charge in [-0.2, -0.15) is 0 Å². The van der Waals surface area contributed by atoms with Crippen LogP contribution in [0.5, 0.6) is 0 Å². The minimum absolute atomic E-state index is 0.175. The molecule has 0 fully saturated rings. The largest absolute Gasteiger partial charge is 0.478 e. The number of carbonyl (C=O) groups is 1. The fourth-order valence-corrected chi connectivity index (χ4v) is 1.26. The average Bonchev–Trinajstić information content (AvgIpc) is 2.48. The highest BCUT2D eigenvalue weighted by atomic mass is 16.5. The van der Waals surface area contributed by atoms with Crippen molar-refractivity contribution in [2.75, 3.05) is 0 Å². The van der Waals surface area contributed by atoms with Crippen molar-refractivity contribution in [2.45, 2.75) is 6.92 Å². The Bertz CT molecular complexity index is 473. The van der Waals surface area contributed by atoms with E-state index in [1.807, 2.05) is 0 Å². The Morgan fingerprint density at radius 3 is 3.00 bits per heavy atom. The molecule has 4 nitrogen and oxygen atoms in total. The lowest BCUT2D eigenvalue weighted by Gasteiger charge is -1.92. The molecule has 1 aromatic heterocycles. The fourth-order valence-electron chi connectivity index (χ4n) is 1.26. The molecule has 0 saturated carbocycles. The molecule has 1 heterocycles. The summed E-state index contributed by atoms with van der Waals surface area (Å²) in [6.07, 6.45) is 0. The second-order valence-corrected chi connectivity index (χ2v) is 2.75. The molecule has 0 aliphatic heterocycles. The molecule has 0 spiro atoms. The van der Waals surface area contributed by atoms with E-state index in [9.17, 15) is 4.79 Å². The molecule has 1 N–H and O–H groups in total. The fraction of sp³-hybridized carbons (Fsp3) is 0.111. The van der Waals surface area contributed by atoms with E-state index in [0.717, 1.165) is 5.39 Å². The number of fused-ring (bicyclic) bond motifs is 1. The van der Waals surface area contributed by atoms with Crippen molar-refractivity contribution < 1.29 is 14.4 Å². The van der Waals surface area contributed by atoms with E-state index >= 15 is 0 Å². The minimum atomic E-state index is -0.987. The molecule has 0 unspecified atom stereocenters. The van der Waals surface area contributed by atoms with E-state index in [2.05, 4.69) is 5.16 Å². The van der Waals surface area contributed by atoms with Crippen LogP contribution >= 0.6 is 0 Å². The topological polar surface area (TPSA) is 63.3 Å². The molecule has 13 heavy (non-hydrogen) atoms. The Morgan fingerprint density at radius 1 is 1.54 bits per heavy atom. The van der Waals surface area contributed by atoms with Crippen molar-refractivity contribution in [3.63, 3.8) is 0 Å². The maximum Gasteiger partial charge on any atom is 0.338 e. The molecule has 2 rings (SSSR count). The Labute approximate surface area is 73.8 Å². The standard InChI is InChI=1S/C9H7NO3/c1-5-6-3-2-4-7(9(11)12)8(6)10-13-5/h2-4H,1H3,(H,11,12). The Hall–Kier alpha value is -1.84. The van der Waals surface area contributed by atoms with Crippen molar-refractivity contribution >= 4 is 16.9 Å². The summed E-state index contributed by atoms with van der Waals surface area (Å²) in [5, 5.41) is 13.2. The first kappa shape index (κ1) is 7.79. The number of aromatic nitrogens is 1. The zero-order chi connectivity index (χ0) is 9.42. The minimum Gasteiger partial charge on any atom is -0.478 e. The Morgan fingerprint density at radius 2 is 2.31 bits per heavy atom. The molecule has 4 heteroatoms. The number of aromatic carboxylic acids is 1. The highest BCUT2D eigenvalue weighted by Crippen LogP contribution is 2.20. The van der Waals surface area contributed by atoms with E-state index in [4.69, 9.17) is 9.63 Å². The predicted octanol–water partition coefficient (Wildman–Crippen LogP) is 1.83. The van der Waals surface area contributed by atoms with Gasteiger partial charge in [0.15, 0.2) is 0 Å². The Kier molecular flexibility index (Phi) is 1.55. The van der Waals surface area contributed by atoms with Gasteiger partial charge in [0, 0.05) is 5.39 Å². The normalized spacial score (nSPS) is 10.5. The third-order valence-electron chi connectivity index (χ3n) is 1.92. The second kappa shape index (κ2) is 2.58. The first-order chi connectivity index (χ1) is 6.20. The van der Waals surface area contributed by atoms with Crippen LogP contribution in [0.1, 0.15) is 16.1 Å². The summed E-state index contributed by atoms with van der Waals surface area (Å²) in [5.41, 5.74) is 0.585. The van der Waals surface area contributed by atoms with Gasteiger partial charge < -0.3 is 9.63 Å². The molecule has 1 aromatic carbocycles. The van der Waals surface area contributed by atoms with E-state index in [1.54, 1.807) is 19.1 Å². The molecular formula is C9H7NO3. The molecule has 0 amide bonds. The molecule has 0 bridgehead atoms. The highest BCUT2D eigenvalue weighted by Gasteiger charge is 2.12. The summed E-state index contributed by atoms with van der Waals surface area (Å²) in [6.45, 7) is 1.75. The molecular weight excluding hydrogens is 170 g/mol. The van der Waals surface area contributed by atoms with Crippen LogP contribution in [0.4, 0.5) is 0 Å². The number of benzene rings is 1. The van der Waals surface area contributed by atoms with E-state index in [-0.39, 0.29) is 5.56 Å². The average molecular weight is 177 g/mol. The van der Waals surface area contributed by atoms with Gasteiger partial charge >= 0.3 is 5.97 Å². The van der Waals surface area contributed by atoms with Crippen LogP contribution in [0.25, 0.3) is 10.9 Å². The predicted molar refractivity (Wildman–Crippen MR) is 45.7 cm³/mol. The lowest BCUT2D eigenvalue weighted by Crippen LogP contribution is -1.96. The van der Waals surface area contributed by atoms with Gasteiger partial charge in [0.05, 0.1) is 5.56 Å². The molecule has 66 valence electrons. The first-order valence-corrected chi connectivity index (χ1v) is 3.78. The van der Waals surface area contributed by atoms with Crippen molar-refractivity contribution in [2.24, 2.45) is 0 Å². The first-order valence-electron chi connectivity index (χ1n) is 3.78. The zero-order valence-corrected chi connectivity index (χ0v) is 6.94. The lowest BCUT2D eigenvalue weighted by molar-refractivity contribution is 0.0698. The number of carboxylic acid groups (broad SMARTS) is 1. The van der Waals surface area contributed by atoms with Crippen LogP contribution in [0.2, 0.25) is 0 Å². The van der Waals surface area contributed by atoms with Crippen LogP contribution in [-0.2, 0) is 0 Å². The monoisotopic (exact) mass is 177 g/mol. The molecule has 0 aliphatic rings. The second-order valence-electron chi connectivity index (χ2n) is 2.75. The summed E-state index contributed by atoms with van der Waals surface area (Å²) in [4.78, 5) is 10.7. The van der Waals surface area contributed by atoms with Gasteiger partial charge in [-0.3, -0.25) is 0 Å². The SMILES string of the molecule is Cc1onc2c(C(=O)O)cccc12. The maximum absolute atomic E-state index is 10.7. The van der Waals surface area contributed by atoms with Crippen molar-refractivity contribution in [3.8, 4) is 0 Å². The summed E-state index contributed by atoms with van der Waals surface area (Å²) in [6, 6.07) is 4.97. The zero-order valence-electron chi connectivity index (χ0n) is 6.94. The van der Waals surface area contributed by atoms with Gasteiger partial charge in [0.1, 0.15) is 11.3 Å². The van der Waals surface area contributed by atoms with Gasteiger partial charge in [-0.15, -0.1) is 0 Å². The third-order valence-corrected chi connectivity index (χ3v) is 1.92. The third kappa shape index (κ3) is 1.07. The van der Waals surface area contributed by atoms with Crippen molar-refractivity contribution in [3.05, 3.63) is 29.5 Å². The van der Waals surface area contributed by atoms with Gasteiger partial charge in [0.2, 0.25) is 0 Å². The van der Waals surface area contributed by atoms with Gasteiger partial charge in [-0.05, 0) is 19.1 Å². The summed E-state index contributed by atoms with van der Waals surface area (Å²) >= 11 is 0. The summed E-state index contributed by atoms with van der Waals surface area (Å²) < 4.78 is 4.89. The lowest BCUT2D eigenvalue weighted by atomic mass is 10.1. The number of carboxylic acids is 1. The number of aryl methyl sites for hydroxylation is 1. The van der Waals surface area contributed by atoms with E-state index < -0.39 is 5.97 Å². The van der Waals surface area contributed by atoms with Crippen LogP contribution in [-0.4, -0.2) is 16.2 Å². The van der Waals surface area contributed by atoms with Gasteiger partial charge in [-0.1, -0.05) is 11.2 Å². The quantitative estimate of drug-likeness (QED) is 0.721. The van der Waals surface area contributed by atoms with Crippen LogP contribution in [0, 0.1) is 6.92 Å². The molecule has 2 aromatic rings. The van der Waals surface area contributed by atoms with Crippen LogP contribution in [0.3, 0.4) is 0 Å². The molecule has 0 radical (unpaired) electrons. The number of hydrogen-bond donors (Lipinski definition) is 1. The highest BCUT2D eigenvalue weighted by molar-refractivity contribution is 6.02. The molecule has 0 aliphatic carbocycles. The van der Waals surface area contributed by atoms with Crippen LogP contribution < -0.4 is 0 Å². The van der Waals surface area contributed by atoms with Crippen molar-refractivity contribution in [1.82, 2.24) is 5.16 Å². The van der Waals surface area contributed by atoms with E-state index in [1.165, 1.54) is 6.07 Å². The van der Waals surface area contributed by atoms with Gasteiger partial charge in [-0.25, -0.2) is 4.79 Å². The summed E-state index contributed by atoms with van der Waals surface area (Å²) in [5.74, 6) is -0.350. The van der Waals surface area contributed by atoms with E-state index in [0.29, 0.717) is 11.3 Å². The number of rotatable bonds is 1. The molecule has 0 atom stereocenters. The van der Waals surface area contributed by atoms with Gasteiger partial charge in [0.25, 0.3) is 0 Å². The smallest absolute Gasteiger partial charge is 0.338 e. The van der Waals surface area contributed by atoms with Crippen molar-refractivity contribution in [1.29, 1.82) is 0 Å². The number of nitrogens with zero attached hydrogens (tertiary/aromatic N) is 1. The van der Waals surface area contributed by atoms with Crippen LogP contribution in [0.15, 0.2) is 22.7 Å². The number of hydrogen-bond acceptors (Lipinski definition) is 3. The maximum atomic E-state index is 10.7. The Balaban J connectivity index is 2.84.